The number of likely N-dealkylation sites (tertiary alicyclic amines) is 2. The standard InChI is InChI=1S/C21H26N4O2/c1-27-19-8-7-17(14-23-19)15-25-13-5-10-21(25)9-4-12-24(20(21)26)16-18-6-2-3-11-22-18/h2-3,6-8,11,14H,4-5,9-10,12-13,15-16H2,1H3. The molecule has 6 nitrogen and oxygen atoms in total. The summed E-state index contributed by atoms with van der Waals surface area (Å²) in [6, 6.07) is 9.80. The summed E-state index contributed by atoms with van der Waals surface area (Å²) in [6.45, 7) is 3.11. The first kappa shape index (κ1) is 17.9. The van der Waals surface area contributed by atoms with Gasteiger partial charge in [0.05, 0.1) is 19.3 Å². The van der Waals surface area contributed by atoms with Gasteiger partial charge in [-0.25, -0.2) is 4.98 Å². The second-order valence-electron chi connectivity index (χ2n) is 7.42. The summed E-state index contributed by atoms with van der Waals surface area (Å²) in [5.74, 6) is 0.878. The molecule has 0 aliphatic carbocycles. The zero-order valence-corrected chi connectivity index (χ0v) is 15.8. The van der Waals surface area contributed by atoms with E-state index >= 15 is 0 Å². The first-order valence-electron chi connectivity index (χ1n) is 9.64. The Morgan fingerprint density at radius 1 is 1.07 bits per heavy atom. The van der Waals surface area contributed by atoms with Crippen molar-refractivity contribution in [1.82, 2.24) is 19.8 Å². The van der Waals surface area contributed by atoms with Gasteiger partial charge in [-0.15, -0.1) is 0 Å². The number of aromatic nitrogens is 2. The van der Waals surface area contributed by atoms with Crippen molar-refractivity contribution in [2.75, 3.05) is 20.2 Å². The Balaban J connectivity index is 1.51. The van der Waals surface area contributed by atoms with E-state index < -0.39 is 0 Å². The third-order valence-electron chi connectivity index (χ3n) is 5.79. The summed E-state index contributed by atoms with van der Waals surface area (Å²) in [5.41, 5.74) is 1.70. The fraction of sp³-hybridized carbons (Fsp3) is 0.476. The Morgan fingerprint density at radius 3 is 2.63 bits per heavy atom. The van der Waals surface area contributed by atoms with Crippen molar-refractivity contribution in [1.29, 1.82) is 0 Å². The van der Waals surface area contributed by atoms with Crippen LogP contribution < -0.4 is 4.74 Å². The maximum Gasteiger partial charge on any atom is 0.243 e. The van der Waals surface area contributed by atoms with Gasteiger partial charge in [-0.2, -0.15) is 0 Å². The molecule has 4 rings (SSSR count). The quantitative estimate of drug-likeness (QED) is 0.814. The van der Waals surface area contributed by atoms with Gasteiger partial charge in [0.1, 0.15) is 5.54 Å². The van der Waals surface area contributed by atoms with Crippen LogP contribution in [0.15, 0.2) is 42.7 Å². The number of hydrogen-bond acceptors (Lipinski definition) is 5. The molecule has 0 radical (unpaired) electrons. The summed E-state index contributed by atoms with van der Waals surface area (Å²) in [6.07, 6.45) is 7.62. The van der Waals surface area contributed by atoms with Gasteiger partial charge in [0.15, 0.2) is 0 Å². The molecule has 0 aromatic carbocycles. The highest BCUT2D eigenvalue weighted by Crippen LogP contribution is 2.39. The Labute approximate surface area is 160 Å². The molecule has 142 valence electrons. The van der Waals surface area contributed by atoms with Crippen LogP contribution in [0.1, 0.15) is 36.9 Å². The summed E-state index contributed by atoms with van der Waals surface area (Å²) < 4.78 is 5.15. The number of methoxy groups -OCH3 is 1. The first-order chi connectivity index (χ1) is 13.2. The molecule has 4 heterocycles. The van der Waals surface area contributed by atoms with Crippen LogP contribution in [-0.4, -0.2) is 51.4 Å². The molecule has 1 amide bonds. The molecule has 6 heteroatoms. The summed E-state index contributed by atoms with van der Waals surface area (Å²) in [4.78, 5) is 26.5. The highest BCUT2D eigenvalue weighted by atomic mass is 16.5. The highest BCUT2D eigenvalue weighted by Gasteiger charge is 2.50. The van der Waals surface area contributed by atoms with E-state index in [-0.39, 0.29) is 11.4 Å². The maximum atomic E-state index is 13.5. The van der Waals surface area contributed by atoms with Gasteiger partial charge in [-0.3, -0.25) is 14.7 Å². The van der Waals surface area contributed by atoms with Crippen molar-refractivity contribution in [3.8, 4) is 5.88 Å². The van der Waals surface area contributed by atoms with E-state index in [1.54, 1.807) is 13.3 Å². The van der Waals surface area contributed by atoms with E-state index in [9.17, 15) is 4.79 Å². The van der Waals surface area contributed by atoms with E-state index in [1.165, 1.54) is 0 Å². The van der Waals surface area contributed by atoms with Gasteiger partial charge >= 0.3 is 0 Å². The fourth-order valence-corrected chi connectivity index (χ4v) is 4.44. The average Bonchev–Trinajstić information content (AvgIpc) is 3.10. The molecule has 1 spiro atoms. The molecular weight excluding hydrogens is 340 g/mol. The minimum Gasteiger partial charge on any atom is -0.481 e. The van der Waals surface area contributed by atoms with Gasteiger partial charge in [0.25, 0.3) is 0 Å². The minimum absolute atomic E-state index is 0.262. The SMILES string of the molecule is COc1ccc(CN2CCCC23CCCN(Cc2ccccn2)C3=O)cn1. The lowest BCUT2D eigenvalue weighted by molar-refractivity contribution is -0.148. The van der Waals surface area contributed by atoms with Crippen molar-refractivity contribution in [2.45, 2.75) is 44.3 Å². The molecular formula is C21H26N4O2. The highest BCUT2D eigenvalue weighted by molar-refractivity contribution is 5.87. The molecule has 2 aromatic heterocycles. The zero-order chi connectivity index (χ0) is 18.7. The smallest absolute Gasteiger partial charge is 0.243 e. The molecule has 1 unspecified atom stereocenters. The largest absolute Gasteiger partial charge is 0.481 e. The first-order valence-corrected chi connectivity index (χ1v) is 9.64. The average molecular weight is 366 g/mol. The van der Waals surface area contributed by atoms with Crippen molar-refractivity contribution in [3.05, 3.63) is 54.0 Å². The van der Waals surface area contributed by atoms with Crippen molar-refractivity contribution in [2.24, 2.45) is 0 Å². The molecule has 0 bridgehead atoms. The van der Waals surface area contributed by atoms with Crippen LogP contribution >= 0.6 is 0 Å². The molecule has 1 atom stereocenters. The van der Waals surface area contributed by atoms with E-state index in [1.807, 2.05) is 41.4 Å². The van der Waals surface area contributed by atoms with Crippen molar-refractivity contribution >= 4 is 5.91 Å². The molecule has 2 fully saturated rings. The van der Waals surface area contributed by atoms with E-state index in [0.29, 0.717) is 12.4 Å². The molecule has 2 aliphatic heterocycles. The van der Waals surface area contributed by atoms with Crippen LogP contribution in [0.5, 0.6) is 5.88 Å². The normalized spacial score (nSPS) is 23.1. The Bertz CT molecular complexity index is 781. The molecule has 2 aliphatic rings. The van der Waals surface area contributed by atoms with Gasteiger partial charge in [-0.1, -0.05) is 12.1 Å². The van der Waals surface area contributed by atoms with Crippen molar-refractivity contribution in [3.63, 3.8) is 0 Å². The topological polar surface area (TPSA) is 58.6 Å². The summed E-state index contributed by atoms with van der Waals surface area (Å²) in [5, 5.41) is 0. The second-order valence-corrected chi connectivity index (χ2v) is 7.42. The number of rotatable bonds is 5. The lowest BCUT2D eigenvalue weighted by atomic mass is 9.85. The number of carbonyl (C=O) groups excluding carboxylic acids is 1. The molecule has 2 aromatic rings. The van der Waals surface area contributed by atoms with Crippen LogP contribution in [0.3, 0.4) is 0 Å². The third kappa shape index (κ3) is 3.54. The maximum absolute atomic E-state index is 13.5. The fourth-order valence-electron chi connectivity index (χ4n) is 4.44. The minimum atomic E-state index is -0.368. The summed E-state index contributed by atoms with van der Waals surface area (Å²) in [7, 11) is 1.62. The molecule has 0 N–H and O–H groups in total. The predicted octanol–water partition coefficient (Wildman–Crippen LogP) is 2.64. The third-order valence-corrected chi connectivity index (χ3v) is 5.79. The number of amides is 1. The van der Waals surface area contributed by atoms with E-state index in [2.05, 4.69) is 14.9 Å². The van der Waals surface area contributed by atoms with Crippen LogP contribution in [0.25, 0.3) is 0 Å². The monoisotopic (exact) mass is 366 g/mol. The number of piperidine rings is 1. The van der Waals surface area contributed by atoms with Crippen LogP contribution in [-0.2, 0) is 17.9 Å². The van der Waals surface area contributed by atoms with Gasteiger partial charge < -0.3 is 9.64 Å². The van der Waals surface area contributed by atoms with E-state index in [4.69, 9.17) is 4.74 Å². The summed E-state index contributed by atoms with van der Waals surface area (Å²) >= 11 is 0. The Kier molecular flexibility index (Phi) is 5.07. The number of nitrogens with zero attached hydrogens (tertiary/aromatic N) is 4. The lowest BCUT2D eigenvalue weighted by Gasteiger charge is -2.44. The molecule has 27 heavy (non-hydrogen) atoms. The van der Waals surface area contributed by atoms with Gasteiger partial charge in [-0.05, 0) is 49.9 Å². The zero-order valence-electron chi connectivity index (χ0n) is 15.8. The lowest BCUT2D eigenvalue weighted by Crippen LogP contribution is -2.59. The Hall–Kier alpha value is -2.47. The number of ether oxygens (including phenoxy) is 1. The molecule has 0 saturated carbocycles. The van der Waals surface area contributed by atoms with Crippen LogP contribution in [0, 0.1) is 0 Å². The second kappa shape index (κ2) is 7.64. The number of pyridine rings is 2. The van der Waals surface area contributed by atoms with Crippen LogP contribution in [0.4, 0.5) is 0 Å². The number of carbonyl (C=O) groups is 1. The molecule has 2 saturated heterocycles. The van der Waals surface area contributed by atoms with Crippen molar-refractivity contribution < 1.29 is 9.53 Å². The number of hydrogen-bond donors (Lipinski definition) is 0. The van der Waals surface area contributed by atoms with Gasteiger partial charge in [0, 0.05) is 31.5 Å². The predicted molar refractivity (Wildman–Crippen MR) is 102 cm³/mol. The van der Waals surface area contributed by atoms with Crippen LogP contribution in [0.2, 0.25) is 0 Å². The van der Waals surface area contributed by atoms with E-state index in [0.717, 1.165) is 56.6 Å². The van der Waals surface area contributed by atoms with Gasteiger partial charge in [0.2, 0.25) is 11.8 Å². The Morgan fingerprint density at radius 2 is 1.93 bits per heavy atom.